The van der Waals surface area contributed by atoms with Crippen LogP contribution in [-0.2, 0) is 32.1 Å². The Morgan fingerprint density at radius 3 is 2.26 bits per heavy atom. The second-order valence-corrected chi connectivity index (χ2v) is 16.3. The largest absolute Gasteiger partial charge is 0.482 e. The summed E-state index contributed by atoms with van der Waals surface area (Å²) in [5, 5.41) is 6.62. The lowest BCUT2D eigenvalue weighted by Gasteiger charge is -2.41. The highest BCUT2D eigenvalue weighted by molar-refractivity contribution is 6.00. The van der Waals surface area contributed by atoms with Gasteiger partial charge in [-0.2, -0.15) is 0 Å². The zero-order chi connectivity index (χ0) is 43.5. The second-order valence-electron chi connectivity index (χ2n) is 16.3. The van der Waals surface area contributed by atoms with Crippen LogP contribution in [0.4, 0.5) is 8.78 Å². The average molecular weight is 847 g/mol. The molecular weight excluding hydrogens is 791 g/mol. The molecule has 2 amide bonds. The van der Waals surface area contributed by atoms with Crippen LogP contribution in [0.5, 0.6) is 11.5 Å². The monoisotopic (exact) mass is 846 g/mol. The Bertz CT molecular complexity index is 2160. The first-order valence-electron chi connectivity index (χ1n) is 21.5. The van der Waals surface area contributed by atoms with Crippen molar-refractivity contribution in [1.29, 1.82) is 0 Å². The van der Waals surface area contributed by atoms with E-state index < -0.39 is 64.3 Å². The Kier molecular flexibility index (Phi) is 15.3. The van der Waals surface area contributed by atoms with Gasteiger partial charge in [0.2, 0.25) is 17.1 Å². The summed E-state index contributed by atoms with van der Waals surface area (Å²) in [4.78, 5) is 76.0. The molecule has 6 rings (SSSR count). The number of esters is 2. The predicted molar refractivity (Wildman–Crippen MR) is 222 cm³/mol. The van der Waals surface area contributed by atoms with Crippen molar-refractivity contribution in [3.05, 3.63) is 92.9 Å². The fourth-order valence-corrected chi connectivity index (χ4v) is 8.32. The fourth-order valence-electron chi connectivity index (χ4n) is 8.32. The van der Waals surface area contributed by atoms with Gasteiger partial charge in [0.1, 0.15) is 22.9 Å². The van der Waals surface area contributed by atoms with E-state index in [0.717, 1.165) is 25.3 Å². The summed E-state index contributed by atoms with van der Waals surface area (Å²) in [5.41, 5.74) is -2.35. The number of aromatic nitrogens is 1. The summed E-state index contributed by atoms with van der Waals surface area (Å²) < 4.78 is 46.1. The Hall–Kier alpha value is -5.60. The predicted octanol–water partition coefficient (Wildman–Crippen LogP) is 8.11. The van der Waals surface area contributed by atoms with Gasteiger partial charge in [0, 0.05) is 43.4 Å². The first-order valence-corrected chi connectivity index (χ1v) is 21.5. The number of fused-ring (bicyclic) bond motifs is 5. The zero-order valence-electron chi connectivity index (χ0n) is 35.3. The number of nitrogens with zero attached hydrogens (tertiary/aromatic N) is 3. The summed E-state index contributed by atoms with van der Waals surface area (Å²) in [6.45, 7) is 3.83. The maximum Gasteiger partial charge on any atom is 0.315 e. The molecule has 4 heterocycles. The smallest absolute Gasteiger partial charge is 0.315 e. The molecular formula is C46H56F2N4O9. The highest BCUT2D eigenvalue weighted by Crippen LogP contribution is 2.46. The molecule has 15 heteroatoms. The molecule has 0 unspecified atom stereocenters. The van der Waals surface area contributed by atoms with Crippen LogP contribution in [0.1, 0.15) is 148 Å². The van der Waals surface area contributed by atoms with Gasteiger partial charge in [-0.3, -0.25) is 24.0 Å². The Labute approximate surface area is 354 Å². The molecule has 1 saturated heterocycles. The number of ether oxygens (including phenoxy) is 3. The minimum absolute atomic E-state index is 0.0317. The lowest BCUT2D eigenvalue weighted by atomic mass is 9.85. The van der Waals surface area contributed by atoms with Gasteiger partial charge in [-0.1, -0.05) is 94.5 Å². The van der Waals surface area contributed by atoms with Crippen LogP contribution in [0, 0.1) is 11.6 Å². The first kappa shape index (κ1) is 44.9. The third-order valence-corrected chi connectivity index (χ3v) is 11.9. The summed E-state index contributed by atoms with van der Waals surface area (Å²) in [7, 11) is 1.46. The number of amides is 2. The molecule has 2 bridgehead atoms. The summed E-state index contributed by atoms with van der Waals surface area (Å²) in [6, 6.07) is 8.20. The van der Waals surface area contributed by atoms with Crippen LogP contribution in [0.25, 0.3) is 0 Å². The van der Waals surface area contributed by atoms with Gasteiger partial charge in [0.15, 0.2) is 11.3 Å². The molecule has 328 valence electrons. The molecule has 0 aliphatic carbocycles. The number of pyridine rings is 1. The summed E-state index contributed by atoms with van der Waals surface area (Å²) >= 11 is 0. The van der Waals surface area contributed by atoms with Crippen molar-refractivity contribution in [2.75, 3.05) is 13.7 Å². The molecule has 0 saturated carbocycles. The lowest BCUT2D eigenvalue weighted by Crippen LogP contribution is -2.52. The number of nitrogens with one attached hydrogen (secondary N) is 1. The average Bonchev–Trinajstić information content (AvgIpc) is 3.62. The molecule has 61 heavy (non-hydrogen) atoms. The number of unbranched alkanes of at least 4 members (excludes halogenated alkanes) is 10. The fraction of sp³-hybridized carbons (Fsp3) is 0.522. The van der Waals surface area contributed by atoms with Gasteiger partial charge < -0.3 is 33.8 Å². The number of methoxy groups -OCH3 is 1. The number of carbonyl (C=O) groups is 4. The maximum atomic E-state index is 14.5. The molecule has 1 fully saturated rings. The van der Waals surface area contributed by atoms with Crippen molar-refractivity contribution < 1.29 is 47.0 Å². The normalized spacial score (nSPS) is 19.1. The Morgan fingerprint density at radius 1 is 0.918 bits per heavy atom. The van der Waals surface area contributed by atoms with E-state index >= 15 is 0 Å². The van der Waals surface area contributed by atoms with E-state index in [4.69, 9.17) is 19.0 Å². The Morgan fingerprint density at radius 2 is 1.61 bits per heavy atom. The molecule has 1 aromatic heterocycles. The van der Waals surface area contributed by atoms with Crippen molar-refractivity contribution in [1.82, 2.24) is 14.8 Å². The molecule has 1 N–H and O–H groups in total. The van der Waals surface area contributed by atoms with Crippen LogP contribution >= 0.6 is 0 Å². The van der Waals surface area contributed by atoms with Gasteiger partial charge in [0.25, 0.3) is 11.8 Å². The first-order chi connectivity index (χ1) is 29.4. The Balaban J connectivity index is 1.15. The summed E-state index contributed by atoms with van der Waals surface area (Å²) in [6.07, 6.45) is 15.3. The lowest BCUT2D eigenvalue weighted by molar-refractivity contribution is -0.135. The van der Waals surface area contributed by atoms with Crippen molar-refractivity contribution in [2.24, 2.45) is 5.16 Å². The SMILES string of the molecule is CCCCCCCCCCCCCC(=O)Oc1ccc(CC(=O)Oc2c3n(cc(C(=O)NCc4ccc(F)cc4F)c2=O)[C@@H]2CN(C3=O)[C@@H](C)CC[C@]23CC(OC)=NO3)cc1. The molecule has 0 radical (unpaired) electrons. The second kappa shape index (κ2) is 20.8. The molecule has 3 aliphatic rings. The molecule has 13 nitrogen and oxygen atoms in total. The molecule has 3 aliphatic heterocycles. The van der Waals surface area contributed by atoms with E-state index in [9.17, 15) is 32.8 Å². The minimum Gasteiger partial charge on any atom is -0.482 e. The van der Waals surface area contributed by atoms with Gasteiger partial charge >= 0.3 is 11.9 Å². The van der Waals surface area contributed by atoms with Crippen molar-refractivity contribution in [3.63, 3.8) is 0 Å². The van der Waals surface area contributed by atoms with E-state index in [1.165, 1.54) is 75.3 Å². The van der Waals surface area contributed by atoms with Crippen molar-refractivity contribution in [2.45, 2.75) is 141 Å². The zero-order valence-corrected chi connectivity index (χ0v) is 35.3. The number of rotatable bonds is 19. The van der Waals surface area contributed by atoms with E-state index in [0.29, 0.717) is 42.5 Å². The standard InChI is InChI=1S/C46H56F2N4O9/c1-4-5-6-7-8-9-10-11-12-13-14-15-39(53)59-34-20-16-31(17-21-34)24-40(54)60-43-41-45(57)51-29-37(46(23-22-30(51)2)26-38(58-3)50-61-46)52(41)28-35(42(43)55)44(56)49-27-32-18-19-33(47)25-36(32)48/h16-21,25,28,30,37H,4-15,22-24,26-27,29H2,1-3H3,(H,49,56)/t30-,37+,46-/m0/s1. The van der Waals surface area contributed by atoms with Crippen LogP contribution in [-0.4, -0.2) is 64.4 Å². The van der Waals surface area contributed by atoms with Crippen LogP contribution in [0.15, 0.2) is 58.6 Å². The van der Waals surface area contributed by atoms with Crippen LogP contribution in [0.3, 0.4) is 0 Å². The van der Waals surface area contributed by atoms with E-state index in [1.807, 2.05) is 6.92 Å². The summed E-state index contributed by atoms with van der Waals surface area (Å²) in [5.74, 6) is -4.44. The van der Waals surface area contributed by atoms with Gasteiger partial charge in [-0.15, -0.1) is 0 Å². The van der Waals surface area contributed by atoms with E-state index in [-0.39, 0.29) is 42.7 Å². The number of hydrogen-bond acceptors (Lipinski definition) is 10. The number of hydrogen-bond donors (Lipinski definition) is 1. The van der Waals surface area contributed by atoms with E-state index in [2.05, 4.69) is 17.4 Å². The number of carbonyl (C=O) groups excluding carboxylic acids is 4. The third-order valence-electron chi connectivity index (χ3n) is 11.9. The number of benzene rings is 2. The topological polar surface area (TPSA) is 155 Å². The van der Waals surface area contributed by atoms with Gasteiger partial charge in [-0.25, -0.2) is 8.78 Å². The van der Waals surface area contributed by atoms with Crippen molar-refractivity contribution >= 4 is 29.7 Å². The number of halogens is 2. The quantitative estimate of drug-likeness (QED) is 0.0716. The highest BCUT2D eigenvalue weighted by atomic mass is 19.1. The van der Waals surface area contributed by atoms with Crippen LogP contribution < -0.4 is 20.2 Å². The van der Waals surface area contributed by atoms with Gasteiger partial charge in [-0.05, 0) is 49.9 Å². The molecule has 3 aromatic rings. The molecule has 1 spiro atoms. The molecule has 2 aromatic carbocycles. The van der Waals surface area contributed by atoms with Crippen LogP contribution in [0.2, 0.25) is 0 Å². The highest BCUT2D eigenvalue weighted by Gasteiger charge is 2.55. The minimum atomic E-state index is -1.04. The maximum absolute atomic E-state index is 14.5. The third kappa shape index (κ3) is 11.0. The van der Waals surface area contributed by atoms with Gasteiger partial charge in [0.05, 0.1) is 26.0 Å². The number of oxime groups is 1. The van der Waals surface area contributed by atoms with Crippen molar-refractivity contribution in [3.8, 4) is 11.5 Å². The molecule has 3 atom stereocenters. The van der Waals surface area contributed by atoms with E-state index in [1.54, 1.807) is 29.2 Å².